The van der Waals surface area contributed by atoms with E-state index in [9.17, 15) is 9.18 Å². The normalized spacial score (nSPS) is 16.7. The van der Waals surface area contributed by atoms with E-state index >= 15 is 0 Å². The number of likely N-dealkylation sites (tertiary alicyclic amines) is 1. The van der Waals surface area contributed by atoms with E-state index in [0.29, 0.717) is 6.54 Å². The first kappa shape index (κ1) is 15.8. The topological polar surface area (TPSA) is 44.4 Å². The molecule has 0 spiro atoms. The molecule has 1 saturated heterocycles. The molecular formula is C16H24FN3O. The number of urea groups is 1. The maximum absolute atomic E-state index is 13.4. The third-order valence-electron chi connectivity index (χ3n) is 3.93. The number of para-hydroxylation sites is 1. The number of carbonyl (C=O) groups is 1. The highest BCUT2D eigenvalue weighted by Crippen LogP contribution is 2.15. The Bertz CT molecular complexity index is 459. The summed E-state index contributed by atoms with van der Waals surface area (Å²) in [7, 11) is 0. The molecule has 0 bridgehead atoms. The zero-order chi connectivity index (χ0) is 15.1. The summed E-state index contributed by atoms with van der Waals surface area (Å²) in [5, 5.41) is 5.28. The van der Waals surface area contributed by atoms with Crippen molar-refractivity contribution in [3.63, 3.8) is 0 Å². The number of nitrogens with one attached hydrogen (secondary N) is 2. The first-order valence-corrected chi connectivity index (χ1v) is 7.67. The van der Waals surface area contributed by atoms with Crippen molar-refractivity contribution < 1.29 is 9.18 Å². The van der Waals surface area contributed by atoms with E-state index in [4.69, 9.17) is 0 Å². The average Bonchev–Trinajstić information content (AvgIpc) is 2.48. The number of carbonyl (C=O) groups excluding carboxylic acids is 1. The fourth-order valence-electron chi connectivity index (χ4n) is 2.52. The van der Waals surface area contributed by atoms with Crippen LogP contribution in [0.1, 0.15) is 26.2 Å². The number of hydrogen-bond acceptors (Lipinski definition) is 2. The SMILES string of the molecule is CC1CCN(CCCNC(=O)Nc2ccccc2F)CC1. The number of amides is 2. The summed E-state index contributed by atoms with van der Waals surface area (Å²) in [6, 6.07) is 5.80. The van der Waals surface area contributed by atoms with Gasteiger partial charge in [0.2, 0.25) is 0 Å². The minimum Gasteiger partial charge on any atom is -0.338 e. The predicted octanol–water partition coefficient (Wildman–Crippen LogP) is 3.07. The van der Waals surface area contributed by atoms with Crippen LogP contribution in [0.15, 0.2) is 24.3 Å². The number of halogens is 1. The van der Waals surface area contributed by atoms with Gasteiger partial charge in [-0.25, -0.2) is 9.18 Å². The van der Waals surface area contributed by atoms with Gasteiger partial charge < -0.3 is 15.5 Å². The molecule has 0 aromatic heterocycles. The molecule has 21 heavy (non-hydrogen) atoms. The molecule has 1 heterocycles. The van der Waals surface area contributed by atoms with Gasteiger partial charge in [0.05, 0.1) is 5.69 Å². The van der Waals surface area contributed by atoms with Crippen molar-refractivity contribution in [1.82, 2.24) is 10.2 Å². The van der Waals surface area contributed by atoms with E-state index in [1.54, 1.807) is 18.2 Å². The van der Waals surface area contributed by atoms with Crippen LogP contribution in [0, 0.1) is 11.7 Å². The number of nitrogens with zero attached hydrogens (tertiary/aromatic N) is 1. The van der Waals surface area contributed by atoms with Gasteiger partial charge in [-0.1, -0.05) is 19.1 Å². The number of rotatable bonds is 5. The molecular weight excluding hydrogens is 269 g/mol. The number of benzene rings is 1. The Morgan fingerprint density at radius 1 is 1.33 bits per heavy atom. The second kappa shape index (κ2) is 7.98. The number of piperidine rings is 1. The lowest BCUT2D eigenvalue weighted by Gasteiger charge is -2.30. The van der Waals surface area contributed by atoms with Gasteiger partial charge in [0.1, 0.15) is 5.82 Å². The van der Waals surface area contributed by atoms with E-state index in [-0.39, 0.29) is 11.7 Å². The molecule has 5 heteroatoms. The Kier molecular flexibility index (Phi) is 5.99. The van der Waals surface area contributed by atoms with Crippen LogP contribution < -0.4 is 10.6 Å². The van der Waals surface area contributed by atoms with E-state index in [1.807, 2.05) is 0 Å². The van der Waals surface area contributed by atoms with E-state index in [1.165, 1.54) is 18.9 Å². The highest BCUT2D eigenvalue weighted by atomic mass is 19.1. The van der Waals surface area contributed by atoms with Gasteiger partial charge in [0, 0.05) is 6.54 Å². The molecule has 2 amide bonds. The number of anilines is 1. The second-order valence-electron chi connectivity index (χ2n) is 5.74. The monoisotopic (exact) mass is 293 g/mol. The first-order chi connectivity index (χ1) is 10.1. The van der Waals surface area contributed by atoms with Crippen LogP contribution in [0.3, 0.4) is 0 Å². The van der Waals surface area contributed by atoms with Crippen molar-refractivity contribution in [1.29, 1.82) is 0 Å². The van der Waals surface area contributed by atoms with Gasteiger partial charge in [0.25, 0.3) is 0 Å². The van der Waals surface area contributed by atoms with Crippen LogP contribution in [0.25, 0.3) is 0 Å². The van der Waals surface area contributed by atoms with Crippen LogP contribution in [-0.4, -0.2) is 37.1 Å². The summed E-state index contributed by atoms with van der Waals surface area (Å²) in [5.74, 6) is 0.418. The molecule has 116 valence electrons. The van der Waals surface area contributed by atoms with Crippen molar-refractivity contribution in [3.05, 3.63) is 30.1 Å². The Morgan fingerprint density at radius 2 is 2.05 bits per heavy atom. The molecule has 0 radical (unpaired) electrons. The second-order valence-corrected chi connectivity index (χ2v) is 5.74. The Balaban J connectivity index is 1.60. The van der Waals surface area contributed by atoms with Crippen molar-refractivity contribution >= 4 is 11.7 Å². The largest absolute Gasteiger partial charge is 0.338 e. The lowest BCUT2D eigenvalue weighted by Crippen LogP contribution is -2.36. The summed E-state index contributed by atoms with van der Waals surface area (Å²) in [4.78, 5) is 14.1. The molecule has 2 N–H and O–H groups in total. The van der Waals surface area contributed by atoms with Crippen molar-refractivity contribution in [2.75, 3.05) is 31.5 Å². The molecule has 0 aliphatic carbocycles. The van der Waals surface area contributed by atoms with Crippen molar-refractivity contribution in [3.8, 4) is 0 Å². The Hall–Kier alpha value is -1.62. The van der Waals surface area contributed by atoms with Gasteiger partial charge in [-0.3, -0.25) is 0 Å². The maximum atomic E-state index is 13.4. The Labute approximate surface area is 125 Å². The smallest absolute Gasteiger partial charge is 0.319 e. The molecule has 0 atom stereocenters. The molecule has 0 saturated carbocycles. The molecule has 4 nitrogen and oxygen atoms in total. The maximum Gasteiger partial charge on any atom is 0.319 e. The Morgan fingerprint density at radius 3 is 2.76 bits per heavy atom. The van der Waals surface area contributed by atoms with Gasteiger partial charge in [0.15, 0.2) is 0 Å². The molecule has 2 rings (SSSR count). The standard InChI is InChI=1S/C16H24FN3O/c1-13-7-11-20(12-8-13)10-4-9-18-16(21)19-15-6-3-2-5-14(15)17/h2-3,5-6,13H,4,7-12H2,1H3,(H2,18,19,21). The zero-order valence-electron chi connectivity index (χ0n) is 12.6. The van der Waals surface area contributed by atoms with Gasteiger partial charge >= 0.3 is 6.03 Å². The molecule has 0 unspecified atom stereocenters. The highest BCUT2D eigenvalue weighted by Gasteiger charge is 2.14. The van der Waals surface area contributed by atoms with Crippen LogP contribution in [-0.2, 0) is 0 Å². The van der Waals surface area contributed by atoms with E-state index in [2.05, 4.69) is 22.5 Å². The fraction of sp³-hybridized carbons (Fsp3) is 0.562. The summed E-state index contributed by atoms with van der Waals surface area (Å²) in [5.41, 5.74) is 0.208. The van der Waals surface area contributed by atoms with Gasteiger partial charge in [-0.05, 0) is 56.9 Å². The predicted molar refractivity (Wildman–Crippen MR) is 82.9 cm³/mol. The minimum atomic E-state index is -0.421. The molecule has 1 aliphatic rings. The van der Waals surface area contributed by atoms with E-state index < -0.39 is 5.82 Å². The summed E-state index contributed by atoms with van der Waals surface area (Å²) in [6.07, 6.45) is 3.45. The minimum absolute atomic E-state index is 0.208. The van der Waals surface area contributed by atoms with Crippen LogP contribution in [0.4, 0.5) is 14.9 Å². The van der Waals surface area contributed by atoms with Crippen molar-refractivity contribution in [2.45, 2.75) is 26.2 Å². The third-order valence-corrected chi connectivity index (χ3v) is 3.93. The van der Waals surface area contributed by atoms with Crippen LogP contribution in [0.5, 0.6) is 0 Å². The fourth-order valence-corrected chi connectivity index (χ4v) is 2.52. The van der Waals surface area contributed by atoms with E-state index in [0.717, 1.165) is 32.0 Å². The summed E-state index contributed by atoms with van der Waals surface area (Å²) < 4.78 is 13.4. The molecule has 1 fully saturated rings. The highest BCUT2D eigenvalue weighted by molar-refractivity contribution is 5.89. The summed E-state index contributed by atoms with van der Waals surface area (Å²) >= 11 is 0. The van der Waals surface area contributed by atoms with Crippen LogP contribution >= 0.6 is 0 Å². The molecule has 1 aliphatic heterocycles. The average molecular weight is 293 g/mol. The molecule has 1 aromatic rings. The van der Waals surface area contributed by atoms with Crippen LogP contribution in [0.2, 0.25) is 0 Å². The lowest BCUT2D eigenvalue weighted by molar-refractivity contribution is 0.190. The zero-order valence-corrected chi connectivity index (χ0v) is 12.6. The first-order valence-electron chi connectivity index (χ1n) is 7.67. The quantitative estimate of drug-likeness (QED) is 0.820. The lowest BCUT2D eigenvalue weighted by atomic mass is 9.99. The van der Waals surface area contributed by atoms with Crippen molar-refractivity contribution in [2.24, 2.45) is 5.92 Å². The summed E-state index contributed by atoms with van der Waals surface area (Å²) in [6.45, 7) is 6.22. The third kappa shape index (κ3) is 5.34. The van der Waals surface area contributed by atoms with Gasteiger partial charge in [-0.2, -0.15) is 0 Å². The number of hydrogen-bond donors (Lipinski definition) is 2. The van der Waals surface area contributed by atoms with Gasteiger partial charge in [-0.15, -0.1) is 0 Å². The molecule has 1 aromatic carbocycles.